The van der Waals surface area contributed by atoms with Crippen LogP contribution in [0.3, 0.4) is 0 Å². The molecule has 152 valence electrons. The Bertz CT molecular complexity index is 1330. The van der Waals surface area contributed by atoms with E-state index in [0.29, 0.717) is 39.5 Å². The van der Waals surface area contributed by atoms with Crippen LogP contribution in [0.5, 0.6) is 5.75 Å². The van der Waals surface area contributed by atoms with E-state index in [-0.39, 0.29) is 17.4 Å². The average molecular weight is 405 g/mol. The van der Waals surface area contributed by atoms with Gasteiger partial charge < -0.3 is 10.1 Å². The quantitative estimate of drug-likeness (QED) is 0.523. The zero-order valence-electron chi connectivity index (χ0n) is 16.4. The summed E-state index contributed by atoms with van der Waals surface area (Å²) in [6.45, 7) is 0. The van der Waals surface area contributed by atoms with Crippen molar-refractivity contribution in [3.63, 3.8) is 0 Å². The molecule has 10 heteroatoms. The van der Waals surface area contributed by atoms with Crippen molar-refractivity contribution >= 4 is 22.6 Å². The van der Waals surface area contributed by atoms with Gasteiger partial charge in [0.1, 0.15) is 17.8 Å². The minimum absolute atomic E-state index is 0.0490. The molecule has 4 aromatic rings. The Labute approximate surface area is 170 Å². The summed E-state index contributed by atoms with van der Waals surface area (Å²) in [5.41, 5.74) is 1.58. The van der Waals surface area contributed by atoms with Crippen LogP contribution < -0.4 is 15.6 Å². The topological polar surface area (TPSA) is 120 Å². The third-order valence-electron chi connectivity index (χ3n) is 5.06. The standard InChI is InChI=1S/C20H19N7O3/c1-26-10-22-18(24-26)12-4-3-5-14(17(12)30-2)27-15-8-16(23-19(28)11-6-7-11)21-9-13(15)20(29)25-27/h3-5,8-11H,6-7H2,1-2H3,(H,25,29)(H,21,23,28). The molecule has 0 aliphatic heterocycles. The molecule has 1 fully saturated rings. The Kier molecular flexibility index (Phi) is 4.12. The van der Waals surface area contributed by atoms with Crippen molar-refractivity contribution in [2.45, 2.75) is 12.8 Å². The van der Waals surface area contributed by atoms with E-state index in [4.69, 9.17) is 4.74 Å². The number of pyridine rings is 1. The summed E-state index contributed by atoms with van der Waals surface area (Å²) >= 11 is 0. The second-order valence-electron chi connectivity index (χ2n) is 7.23. The van der Waals surface area contributed by atoms with Crippen LogP contribution in [0.1, 0.15) is 12.8 Å². The number of H-pyrrole nitrogens is 1. The van der Waals surface area contributed by atoms with Crippen LogP contribution in [-0.2, 0) is 11.8 Å². The summed E-state index contributed by atoms with van der Waals surface area (Å²) in [6.07, 6.45) is 4.86. The lowest BCUT2D eigenvalue weighted by Gasteiger charge is -2.13. The number of aromatic amines is 1. The van der Waals surface area contributed by atoms with Gasteiger partial charge in [-0.1, -0.05) is 6.07 Å². The van der Waals surface area contributed by atoms with E-state index in [1.807, 2.05) is 18.2 Å². The number of hydrogen-bond acceptors (Lipinski definition) is 6. The van der Waals surface area contributed by atoms with Gasteiger partial charge in [-0.3, -0.25) is 19.4 Å². The number of methoxy groups -OCH3 is 1. The maximum Gasteiger partial charge on any atom is 0.273 e. The lowest BCUT2D eigenvalue weighted by Crippen LogP contribution is -2.14. The highest BCUT2D eigenvalue weighted by molar-refractivity contribution is 5.95. The Morgan fingerprint density at radius 1 is 1.30 bits per heavy atom. The summed E-state index contributed by atoms with van der Waals surface area (Å²) in [5, 5.41) is 10.4. The summed E-state index contributed by atoms with van der Waals surface area (Å²) in [4.78, 5) is 33.1. The van der Waals surface area contributed by atoms with Gasteiger partial charge in [-0.2, -0.15) is 5.10 Å². The van der Waals surface area contributed by atoms with Gasteiger partial charge in [0, 0.05) is 25.2 Å². The van der Waals surface area contributed by atoms with Crippen LogP contribution in [0, 0.1) is 5.92 Å². The van der Waals surface area contributed by atoms with E-state index in [0.717, 1.165) is 12.8 Å². The van der Waals surface area contributed by atoms with Gasteiger partial charge in [-0.25, -0.2) is 14.6 Å². The van der Waals surface area contributed by atoms with Crippen LogP contribution in [0.2, 0.25) is 0 Å². The number of nitrogens with zero attached hydrogens (tertiary/aromatic N) is 5. The molecule has 0 saturated heterocycles. The number of anilines is 1. The summed E-state index contributed by atoms with van der Waals surface area (Å²) in [5.74, 6) is 1.42. The number of carbonyl (C=O) groups is 1. The summed E-state index contributed by atoms with van der Waals surface area (Å²) in [7, 11) is 3.34. The number of carbonyl (C=O) groups excluding carboxylic acids is 1. The molecule has 30 heavy (non-hydrogen) atoms. The fourth-order valence-electron chi connectivity index (χ4n) is 3.41. The minimum atomic E-state index is -0.291. The first-order valence-corrected chi connectivity index (χ1v) is 9.50. The highest BCUT2D eigenvalue weighted by Gasteiger charge is 2.30. The number of aryl methyl sites for hydroxylation is 1. The summed E-state index contributed by atoms with van der Waals surface area (Å²) < 4.78 is 8.90. The van der Waals surface area contributed by atoms with Gasteiger partial charge in [-0.15, -0.1) is 0 Å². The SMILES string of the molecule is COc1c(-c2ncn(C)n2)cccc1-n1[nH]c(=O)c2cnc(NC(=O)C3CC3)cc21. The molecule has 10 nitrogen and oxygen atoms in total. The van der Waals surface area contributed by atoms with Crippen molar-refractivity contribution in [3.8, 4) is 22.8 Å². The van der Waals surface area contributed by atoms with Gasteiger partial charge in [0.05, 0.1) is 23.6 Å². The van der Waals surface area contributed by atoms with Crippen LogP contribution in [-0.4, -0.2) is 42.5 Å². The Balaban J connectivity index is 1.65. The molecule has 1 aromatic carbocycles. The first-order valence-electron chi connectivity index (χ1n) is 9.50. The third kappa shape index (κ3) is 3.02. The number of ether oxygens (including phenoxy) is 1. The highest BCUT2D eigenvalue weighted by Crippen LogP contribution is 2.34. The van der Waals surface area contributed by atoms with E-state index in [9.17, 15) is 9.59 Å². The normalized spacial score (nSPS) is 13.5. The van der Waals surface area contributed by atoms with Gasteiger partial charge in [0.25, 0.3) is 5.56 Å². The van der Waals surface area contributed by atoms with Crippen molar-refractivity contribution in [2.75, 3.05) is 12.4 Å². The average Bonchev–Trinajstić information content (AvgIpc) is 3.44. The number of aromatic nitrogens is 6. The molecule has 2 N–H and O–H groups in total. The maximum absolute atomic E-state index is 12.5. The largest absolute Gasteiger partial charge is 0.494 e. The molecule has 1 amide bonds. The fourth-order valence-corrected chi connectivity index (χ4v) is 3.41. The highest BCUT2D eigenvalue weighted by atomic mass is 16.5. The molecular weight excluding hydrogens is 386 g/mol. The van der Waals surface area contributed by atoms with Gasteiger partial charge >= 0.3 is 0 Å². The smallest absolute Gasteiger partial charge is 0.273 e. The molecule has 0 unspecified atom stereocenters. The van der Waals surface area contributed by atoms with Crippen LogP contribution in [0.15, 0.2) is 41.6 Å². The number of fused-ring (bicyclic) bond motifs is 1. The lowest BCUT2D eigenvalue weighted by atomic mass is 10.1. The zero-order valence-corrected chi connectivity index (χ0v) is 16.4. The Morgan fingerprint density at radius 3 is 2.83 bits per heavy atom. The number of benzene rings is 1. The molecule has 0 spiro atoms. The molecule has 0 bridgehead atoms. The monoisotopic (exact) mass is 405 g/mol. The molecule has 3 aromatic heterocycles. The van der Waals surface area contributed by atoms with Gasteiger partial charge in [-0.05, 0) is 25.0 Å². The van der Waals surface area contributed by atoms with Crippen LogP contribution in [0.25, 0.3) is 28.0 Å². The molecular formula is C20H19N7O3. The second kappa shape index (κ2) is 6.83. The third-order valence-corrected chi connectivity index (χ3v) is 5.06. The van der Waals surface area contributed by atoms with E-state index < -0.39 is 0 Å². The number of hydrogen-bond donors (Lipinski definition) is 2. The molecule has 1 saturated carbocycles. The van der Waals surface area contributed by atoms with Crippen molar-refractivity contribution in [3.05, 3.63) is 47.1 Å². The molecule has 0 radical (unpaired) electrons. The van der Waals surface area contributed by atoms with Crippen molar-refractivity contribution in [1.82, 2.24) is 29.5 Å². The number of para-hydroxylation sites is 1. The predicted molar refractivity (Wildman–Crippen MR) is 110 cm³/mol. The maximum atomic E-state index is 12.5. The second-order valence-corrected chi connectivity index (χ2v) is 7.23. The Hall–Kier alpha value is -3.95. The van der Waals surface area contributed by atoms with Crippen molar-refractivity contribution in [2.24, 2.45) is 13.0 Å². The number of amides is 1. The summed E-state index contributed by atoms with van der Waals surface area (Å²) in [6, 6.07) is 7.19. The lowest BCUT2D eigenvalue weighted by molar-refractivity contribution is -0.117. The van der Waals surface area contributed by atoms with E-state index in [2.05, 4.69) is 25.5 Å². The fraction of sp³-hybridized carbons (Fsp3) is 0.250. The first-order chi connectivity index (χ1) is 14.5. The molecule has 3 heterocycles. The molecule has 1 aliphatic carbocycles. The molecule has 5 rings (SSSR count). The van der Waals surface area contributed by atoms with E-state index in [1.165, 1.54) is 6.20 Å². The Morgan fingerprint density at radius 2 is 2.13 bits per heavy atom. The predicted octanol–water partition coefficient (Wildman–Crippen LogP) is 1.87. The van der Waals surface area contributed by atoms with Crippen molar-refractivity contribution in [1.29, 1.82) is 0 Å². The van der Waals surface area contributed by atoms with Crippen LogP contribution in [0.4, 0.5) is 5.82 Å². The molecule has 0 atom stereocenters. The number of rotatable bonds is 5. The zero-order chi connectivity index (χ0) is 20.8. The van der Waals surface area contributed by atoms with E-state index in [1.54, 1.807) is 35.9 Å². The first kappa shape index (κ1) is 18.1. The van der Waals surface area contributed by atoms with Crippen molar-refractivity contribution < 1.29 is 9.53 Å². The van der Waals surface area contributed by atoms with Crippen LogP contribution >= 0.6 is 0 Å². The van der Waals surface area contributed by atoms with Gasteiger partial charge in [0.15, 0.2) is 11.6 Å². The molecule has 1 aliphatic rings. The minimum Gasteiger partial charge on any atom is -0.494 e. The van der Waals surface area contributed by atoms with E-state index >= 15 is 0 Å². The van der Waals surface area contributed by atoms with Gasteiger partial charge in [0.2, 0.25) is 5.91 Å². The number of nitrogens with one attached hydrogen (secondary N) is 2.